The Morgan fingerprint density at radius 1 is 1.05 bits per heavy atom. The molecule has 0 spiro atoms. The summed E-state index contributed by atoms with van der Waals surface area (Å²) in [4.78, 5) is 2.84. The van der Waals surface area contributed by atoms with Gasteiger partial charge in [0.2, 0.25) is 0 Å². The Labute approximate surface area is 126 Å². The summed E-state index contributed by atoms with van der Waals surface area (Å²) in [5.74, 6) is 0. The molecular weight excluding hydrogens is 244 g/mol. The van der Waals surface area contributed by atoms with Gasteiger partial charge < -0.3 is 5.32 Å². The van der Waals surface area contributed by atoms with Gasteiger partial charge in [-0.2, -0.15) is 0 Å². The van der Waals surface area contributed by atoms with Crippen LogP contribution in [0.2, 0.25) is 0 Å². The minimum atomic E-state index is 0.770. The predicted octanol–water partition coefficient (Wildman–Crippen LogP) is 4.34. The van der Waals surface area contributed by atoms with E-state index >= 15 is 0 Å². The quantitative estimate of drug-likeness (QED) is 0.599. The van der Waals surface area contributed by atoms with Crippen molar-refractivity contribution in [2.45, 2.75) is 103 Å². The van der Waals surface area contributed by atoms with Gasteiger partial charge in [0, 0.05) is 24.7 Å². The van der Waals surface area contributed by atoms with Crippen LogP contribution in [0.15, 0.2) is 0 Å². The van der Waals surface area contributed by atoms with Crippen LogP contribution in [0.3, 0.4) is 0 Å². The van der Waals surface area contributed by atoms with Gasteiger partial charge in [0.15, 0.2) is 0 Å². The van der Waals surface area contributed by atoms with Gasteiger partial charge in [-0.1, -0.05) is 45.4 Å². The van der Waals surface area contributed by atoms with Crippen LogP contribution in [0.1, 0.15) is 84.5 Å². The van der Waals surface area contributed by atoms with E-state index in [9.17, 15) is 0 Å². The number of hydrogen-bond acceptors (Lipinski definition) is 2. The third-order valence-corrected chi connectivity index (χ3v) is 5.15. The van der Waals surface area contributed by atoms with Crippen molar-refractivity contribution in [2.75, 3.05) is 13.1 Å². The maximum absolute atomic E-state index is 3.73. The highest BCUT2D eigenvalue weighted by Gasteiger charge is 2.33. The second-order valence-corrected chi connectivity index (χ2v) is 7.13. The molecule has 2 rings (SSSR count). The number of hydrogen-bond donors (Lipinski definition) is 1. The lowest BCUT2D eigenvalue weighted by Gasteiger charge is -2.34. The molecule has 118 valence electrons. The zero-order valence-electron chi connectivity index (χ0n) is 13.9. The first-order valence-corrected chi connectivity index (χ1v) is 9.30. The van der Waals surface area contributed by atoms with E-state index in [0.29, 0.717) is 0 Å². The molecule has 0 aromatic rings. The lowest BCUT2D eigenvalue weighted by molar-refractivity contribution is 0.157. The average molecular weight is 280 g/mol. The fourth-order valence-electron chi connectivity index (χ4n) is 3.64. The molecule has 1 aliphatic heterocycles. The number of nitrogens with one attached hydrogen (secondary N) is 1. The van der Waals surface area contributed by atoms with E-state index in [1.54, 1.807) is 0 Å². The highest BCUT2D eigenvalue weighted by atomic mass is 15.2. The van der Waals surface area contributed by atoms with E-state index in [2.05, 4.69) is 24.1 Å². The minimum Gasteiger partial charge on any atom is -0.313 e. The summed E-state index contributed by atoms with van der Waals surface area (Å²) in [6.07, 6.45) is 15.6. The van der Waals surface area contributed by atoms with Crippen molar-refractivity contribution in [1.29, 1.82) is 0 Å². The van der Waals surface area contributed by atoms with Gasteiger partial charge in [0.25, 0.3) is 0 Å². The van der Waals surface area contributed by atoms with E-state index < -0.39 is 0 Å². The van der Waals surface area contributed by atoms with Crippen molar-refractivity contribution in [2.24, 2.45) is 0 Å². The fourth-order valence-corrected chi connectivity index (χ4v) is 3.64. The summed E-state index contributed by atoms with van der Waals surface area (Å²) in [5.41, 5.74) is 0. The number of rotatable bonds is 10. The SMILES string of the molecule is CCCCCCCC(C)N(CC1CCCCN1)C1CC1. The molecule has 2 heteroatoms. The van der Waals surface area contributed by atoms with Crippen molar-refractivity contribution >= 4 is 0 Å². The summed E-state index contributed by atoms with van der Waals surface area (Å²) in [5, 5.41) is 3.73. The Balaban J connectivity index is 1.67. The Morgan fingerprint density at radius 3 is 2.50 bits per heavy atom. The molecule has 0 aromatic carbocycles. The van der Waals surface area contributed by atoms with Crippen molar-refractivity contribution in [3.63, 3.8) is 0 Å². The minimum absolute atomic E-state index is 0.770. The standard InChI is InChI=1S/C18H36N2/c1-3-4-5-6-7-10-16(2)20(18-12-13-18)15-17-11-8-9-14-19-17/h16-19H,3-15H2,1-2H3. The van der Waals surface area contributed by atoms with Gasteiger partial charge in [-0.15, -0.1) is 0 Å². The molecule has 1 saturated carbocycles. The summed E-state index contributed by atoms with van der Waals surface area (Å²) in [6, 6.07) is 2.49. The second kappa shape index (κ2) is 9.04. The van der Waals surface area contributed by atoms with Gasteiger partial charge in [0.1, 0.15) is 0 Å². The van der Waals surface area contributed by atoms with E-state index in [1.807, 2.05) is 0 Å². The second-order valence-electron chi connectivity index (χ2n) is 7.13. The van der Waals surface area contributed by atoms with Crippen LogP contribution >= 0.6 is 0 Å². The molecule has 2 unspecified atom stereocenters. The molecule has 1 heterocycles. The molecule has 2 aliphatic rings. The molecule has 1 N–H and O–H groups in total. The summed E-state index contributed by atoms with van der Waals surface area (Å²) >= 11 is 0. The molecule has 2 nitrogen and oxygen atoms in total. The molecule has 0 amide bonds. The maximum Gasteiger partial charge on any atom is 0.0195 e. The van der Waals surface area contributed by atoms with Gasteiger partial charge in [-0.3, -0.25) is 4.90 Å². The van der Waals surface area contributed by atoms with Crippen LogP contribution in [0.4, 0.5) is 0 Å². The molecule has 1 aliphatic carbocycles. The van der Waals surface area contributed by atoms with Crippen LogP contribution in [0.25, 0.3) is 0 Å². The van der Waals surface area contributed by atoms with Crippen LogP contribution in [-0.4, -0.2) is 36.1 Å². The van der Waals surface area contributed by atoms with E-state index in [4.69, 9.17) is 0 Å². The third kappa shape index (κ3) is 5.73. The lowest BCUT2D eigenvalue weighted by atomic mass is 10.0. The first kappa shape index (κ1) is 16.3. The molecule has 0 aromatic heterocycles. The topological polar surface area (TPSA) is 15.3 Å². The molecule has 0 bridgehead atoms. The Morgan fingerprint density at radius 2 is 1.85 bits per heavy atom. The first-order chi connectivity index (χ1) is 9.81. The molecule has 20 heavy (non-hydrogen) atoms. The largest absolute Gasteiger partial charge is 0.313 e. The van der Waals surface area contributed by atoms with E-state index in [1.165, 1.54) is 83.7 Å². The number of unbranched alkanes of at least 4 members (excludes halogenated alkanes) is 4. The average Bonchev–Trinajstić information content (AvgIpc) is 3.30. The van der Waals surface area contributed by atoms with Gasteiger partial charge in [-0.25, -0.2) is 0 Å². The van der Waals surface area contributed by atoms with Crippen LogP contribution in [0.5, 0.6) is 0 Å². The summed E-state index contributed by atoms with van der Waals surface area (Å²) < 4.78 is 0. The van der Waals surface area contributed by atoms with E-state index in [-0.39, 0.29) is 0 Å². The summed E-state index contributed by atoms with van der Waals surface area (Å²) in [6.45, 7) is 7.32. The van der Waals surface area contributed by atoms with Crippen LogP contribution < -0.4 is 5.32 Å². The molecule has 2 fully saturated rings. The zero-order chi connectivity index (χ0) is 14.2. The normalized spacial score (nSPS) is 25.1. The zero-order valence-corrected chi connectivity index (χ0v) is 13.9. The van der Waals surface area contributed by atoms with Crippen molar-refractivity contribution in [3.05, 3.63) is 0 Å². The molecule has 2 atom stereocenters. The number of nitrogens with zero attached hydrogens (tertiary/aromatic N) is 1. The number of piperidine rings is 1. The Bertz CT molecular complexity index is 244. The third-order valence-electron chi connectivity index (χ3n) is 5.15. The van der Waals surface area contributed by atoms with Gasteiger partial charge >= 0.3 is 0 Å². The molecule has 0 radical (unpaired) electrons. The lowest BCUT2D eigenvalue weighted by Crippen LogP contribution is -2.47. The molecular formula is C18H36N2. The van der Waals surface area contributed by atoms with Crippen LogP contribution in [-0.2, 0) is 0 Å². The summed E-state index contributed by atoms with van der Waals surface area (Å²) in [7, 11) is 0. The van der Waals surface area contributed by atoms with Crippen molar-refractivity contribution < 1.29 is 0 Å². The Kier molecular flexibility index (Phi) is 7.37. The fraction of sp³-hybridized carbons (Fsp3) is 1.00. The highest BCUT2D eigenvalue weighted by Crippen LogP contribution is 2.30. The van der Waals surface area contributed by atoms with E-state index in [0.717, 1.165) is 18.1 Å². The maximum atomic E-state index is 3.73. The monoisotopic (exact) mass is 280 g/mol. The molecule has 1 saturated heterocycles. The predicted molar refractivity (Wildman–Crippen MR) is 88.2 cm³/mol. The Hall–Kier alpha value is -0.0800. The smallest absolute Gasteiger partial charge is 0.0195 e. The highest BCUT2D eigenvalue weighted by molar-refractivity contribution is 4.90. The first-order valence-electron chi connectivity index (χ1n) is 9.30. The van der Waals surface area contributed by atoms with Crippen molar-refractivity contribution in [1.82, 2.24) is 10.2 Å². The van der Waals surface area contributed by atoms with Crippen molar-refractivity contribution in [3.8, 4) is 0 Å². The van der Waals surface area contributed by atoms with Gasteiger partial charge in [0.05, 0.1) is 0 Å². The van der Waals surface area contributed by atoms with Gasteiger partial charge in [-0.05, 0) is 45.6 Å². The van der Waals surface area contributed by atoms with Crippen LogP contribution in [0, 0.1) is 0 Å².